The molecule has 0 saturated carbocycles. The Morgan fingerprint density at radius 1 is 1.16 bits per heavy atom. The van der Waals surface area contributed by atoms with Crippen molar-refractivity contribution in [3.63, 3.8) is 0 Å². The van der Waals surface area contributed by atoms with Crippen molar-refractivity contribution in [3.8, 4) is 11.5 Å². The van der Waals surface area contributed by atoms with Gasteiger partial charge in [0.25, 0.3) is 0 Å². The van der Waals surface area contributed by atoms with Crippen LogP contribution in [0.25, 0.3) is 0 Å². The van der Waals surface area contributed by atoms with Gasteiger partial charge in [-0.05, 0) is 55.2 Å². The van der Waals surface area contributed by atoms with Gasteiger partial charge in [-0.25, -0.2) is 4.98 Å². The van der Waals surface area contributed by atoms with Crippen LogP contribution in [0.5, 0.6) is 11.5 Å². The first-order valence-electron chi connectivity index (χ1n) is 8.49. The fourth-order valence-corrected chi connectivity index (χ4v) is 2.54. The van der Waals surface area contributed by atoms with Crippen LogP contribution in [0, 0.1) is 0 Å². The van der Waals surface area contributed by atoms with Gasteiger partial charge in [0.05, 0.1) is 13.7 Å². The number of aromatic nitrogens is 1. The molecule has 2 N–H and O–H groups in total. The number of hydrogen-bond acceptors (Lipinski definition) is 4. The van der Waals surface area contributed by atoms with E-state index in [-0.39, 0.29) is 0 Å². The molecule has 0 atom stereocenters. The molecule has 1 aromatic heterocycles. The van der Waals surface area contributed by atoms with E-state index in [1.165, 1.54) is 5.56 Å². The third-order valence-corrected chi connectivity index (χ3v) is 3.81. The van der Waals surface area contributed by atoms with Crippen LogP contribution < -0.4 is 20.1 Å². The molecular formula is C19H25N3O2S. The third-order valence-electron chi connectivity index (χ3n) is 3.57. The molecule has 0 bridgehead atoms. The van der Waals surface area contributed by atoms with Gasteiger partial charge in [-0.15, -0.1) is 0 Å². The summed E-state index contributed by atoms with van der Waals surface area (Å²) in [7, 11) is 1.61. The summed E-state index contributed by atoms with van der Waals surface area (Å²) in [5, 5.41) is 6.79. The third kappa shape index (κ3) is 6.23. The lowest BCUT2D eigenvalue weighted by atomic mass is 10.1. The number of ether oxygens (including phenoxy) is 2. The summed E-state index contributed by atoms with van der Waals surface area (Å²) in [6, 6.07) is 11.8. The van der Waals surface area contributed by atoms with Gasteiger partial charge in [-0.2, -0.15) is 0 Å². The zero-order chi connectivity index (χ0) is 17.9. The van der Waals surface area contributed by atoms with E-state index in [2.05, 4.69) is 28.6 Å². The van der Waals surface area contributed by atoms with Crippen LogP contribution in [0.15, 0.2) is 42.6 Å². The van der Waals surface area contributed by atoms with Gasteiger partial charge >= 0.3 is 0 Å². The van der Waals surface area contributed by atoms with Crippen LogP contribution >= 0.6 is 12.2 Å². The zero-order valence-electron chi connectivity index (χ0n) is 14.7. The average Bonchev–Trinajstić information content (AvgIpc) is 2.64. The Morgan fingerprint density at radius 2 is 1.96 bits per heavy atom. The quantitative estimate of drug-likeness (QED) is 0.525. The van der Waals surface area contributed by atoms with Crippen molar-refractivity contribution in [1.29, 1.82) is 0 Å². The second-order valence-electron chi connectivity index (χ2n) is 5.49. The summed E-state index contributed by atoms with van der Waals surface area (Å²) in [5.74, 6) is 2.25. The van der Waals surface area contributed by atoms with E-state index in [1.807, 2.05) is 30.3 Å². The minimum Gasteiger partial charge on any atom is -0.493 e. The SMILES string of the molecule is CCCOc1ccccc1CCCNC(=S)Nc1ncccc1OC. The molecule has 0 aliphatic rings. The molecule has 0 unspecified atom stereocenters. The Kier molecular flexibility index (Phi) is 7.98. The summed E-state index contributed by atoms with van der Waals surface area (Å²) in [6.07, 6.45) is 4.59. The smallest absolute Gasteiger partial charge is 0.174 e. The van der Waals surface area contributed by atoms with E-state index >= 15 is 0 Å². The number of thiocarbonyl (C=S) groups is 1. The number of para-hydroxylation sites is 1. The Labute approximate surface area is 154 Å². The number of anilines is 1. The van der Waals surface area contributed by atoms with E-state index in [0.717, 1.165) is 38.2 Å². The Morgan fingerprint density at radius 3 is 2.76 bits per heavy atom. The fourth-order valence-electron chi connectivity index (χ4n) is 2.34. The number of hydrogen-bond donors (Lipinski definition) is 2. The van der Waals surface area contributed by atoms with Gasteiger partial charge in [0.2, 0.25) is 0 Å². The molecule has 5 nitrogen and oxygen atoms in total. The maximum atomic E-state index is 5.79. The van der Waals surface area contributed by atoms with Crippen molar-refractivity contribution in [3.05, 3.63) is 48.2 Å². The minimum absolute atomic E-state index is 0.535. The highest BCUT2D eigenvalue weighted by atomic mass is 32.1. The average molecular weight is 359 g/mol. The molecule has 25 heavy (non-hydrogen) atoms. The molecule has 1 aromatic carbocycles. The lowest BCUT2D eigenvalue weighted by Crippen LogP contribution is -2.30. The first kappa shape index (κ1) is 19.0. The molecular weight excluding hydrogens is 334 g/mol. The molecule has 6 heteroatoms. The minimum atomic E-state index is 0.535. The van der Waals surface area contributed by atoms with Crippen LogP contribution in [0.1, 0.15) is 25.3 Å². The van der Waals surface area contributed by atoms with E-state index in [0.29, 0.717) is 16.7 Å². The number of nitrogens with zero attached hydrogens (tertiary/aromatic N) is 1. The number of aryl methyl sites for hydroxylation is 1. The van der Waals surface area contributed by atoms with Crippen LogP contribution in [-0.4, -0.2) is 30.4 Å². The second kappa shape index (κ2) is 10.5. The van der Waals surface area contributed by atoms with Crippen molar-refractivity contribution in [2.45, 2.75) is 26.2 Å². The van der Waals surface area contributed by atoms with Crippen LogP contribution in [0.4, 0.5) is 5.82 Å². The first-order valence-corrected chi connectivity index (χ1v) is 8.90. The number of methoxy groups -OCH3 is 1. The van der Waals surface area contributed by atoms with Gasteiger partial charge in [-0.3, -0.25) is 0 Å². The highest BCUT2D eigenvalue weighted by Crippen LogP contribution is 2.20. The molecule has 2 rings (SSSR count). The van der Waals surface area contributed by atoms with Crippen molar-refractivity contribution in [2.75, 3.05) is 25.6 Å². The van der Waals surface area contributed by atoms with E-state index < -0.39 is 0 Å². The molecule has 2 aromatic rings. The fraction of sp³-hybridized carbons (Fsp3) is 0.368. The maximum Gasteiger partial charge on any atom is 0.174 e. The molecule has 134 valence electrons. The van der Waals surface area contributed by atoms with Gasteiger partial charge < -0.3 is 20.1 Å². The molecule has 0 radical (unpaired) electrons. The largest absolute Gasteiger partial charge is 0.493 e. The monoisotopic (exact) mass is 359 g/mol. The van der Waals surface area contributed by atoms with Gasteiger partial charge in [0.1, 0.15) is 5.75 Å². The van der Waals surface area contributed by atoms with E-state index in [1.54, 1.807) is 13.3 Å². The number of pyridine rings is 1. The Hall–Kier alpha value is -2.34. The van der Waals surface area contributed by atoms with Crippen molar-refractivity contribution in [2.24, 2.45) is 0 Å². The first-order chi connectivity index (χ1) is 12.2. The molecule has 0 amide bonds. The molecule has 0 aliphatic heterocycles. The summed E-state index contributed by atoms with van der Waals surface area (Å²) in [5.41, 5.74) is 1.23. The van der Waals surface area contributed by atoms with Crippen molar-refractivity contribution in [1.82, 2.24) is 10.3 Å². The lowest BCUT2D eigenvalue weighted by Gasteiger charge is -2.13. The number of rotatable bonds is 9. The van der Waals surface area contributed by atoms with Gasteiger partial charge in [0.15, 0.2) is 16.7 Å². The van der Waals surface area contributed by atoms with Gasteiger partial charge in [0, 0.05) is 12.7 Å². The second-order valence-corrected chi connectivity index (χ2v) is 5.90. The van der Waals surface area contributed by atoms with Crippen molar-refractivity contribution < 1.29 is 9.47 Å². The number of benzene rings is 1. The highest BCUT2D eigenvalue weighted by molar-refractivity contribution is 7.80. The Balaban J connectivity index is 1.77. The standard InChI is InChI=1S/C19H25N3O2S/c1-3-14-24-16-10-5-4-8-15(16)9-6-13-21-19(25)22-18-17(23-2)11-7-12-20-18/h4-5,7-8,10-12H,3,6,9,13-14H2,1-2H3,(H2,20,21,22,25). The zero-order valence-corrected chi connectivity index (χ0v) is 15.6. The van der Waals surface area contributed by atoms with E-state index in [4.69, 9.17) is 21.7 Å². The molecule has 1 heterocycles. The summed E-state index contributed by atoms with van der Waals surface area (Å²) in [4.78, 5) is 4.23. The topological polar surface area (TPSA) is 55.4 Å². The molecule has 0 spiro atoms. The van der Waals surface area contributed by atoms with Crippen LogP contribution in [0.2, 0.25) is 0 Å². The van der Waals surface area contributed by atoms with Gasteiger partial charge in [-0.1, -0.05) is 25.1 Å². The van der Waals surface area contributed by atoms with E-state index in [9.17, 15) is 0 Å². The Bertz CT molecular complexity index is 679. The van der Waals surface area contributed by atoms with Crippen LogP contribution in [0.3, 0.4) is 0 Å². The summed E-state index contributed by atoms with van der Waals surface area (Å²) < 4.78 is 11.0. The summed E-state index contributed by atoms with van der Waals surface area (Å²) in [6.45, 7) is 3.62. The molecule has 0 aliphatic carbocycles. The predicted octanol–water partition coefficient (Wildman–Crippen LogP) is 3.80. The molecule has 0 saturated heterocycles. The highest BCUT2D eigenvalue weighted by Gasteiger charge is 2.06. The maximum absolute atomic E-state index is 5.79. The summed E-state index contributed by atoms with van der Waals surface area (Å²) >= 11 is 5.31. The normalized spacial score (nSPS) is 10.2. The molecule has 0 fully saturated rings. The lowest BCUT2D eigenvalue weighted by molar-refractivity contribution is 0.314. The van der Waals surface area contributed by atoms with Crippen LogP contribution in [-0.2, 0) is 6.42 Å². The van der Waals surface area contributed by atoms with Crippen molar-refractivity contribution >= 4 is 23.1 Å². The predicted molar refractivity (Wildman–Crippen MR) is 106 cm³/mol. The number of nitrogens with one attached hydrogen (secondary N) is 2.